The Morgan fingerprint density at radius 2 is 1.64 bits per heavy atom. The molecule has 7 nitrogen and oxygen atoms in total. The Bertz CT molecular complexity index is 1100. The standard InChI is InChI=1S/C25H32N6OS/c1-3-20-18-21-23(26-25(27-24(21)33-20)31-11-9-28(2)10-12-31)30-15-13-29(14-16-30)22(32)17-19-7-5-4-6-8-19/h4-8,18H,3,9-17H2,1-2H3. The lowest BCUT2D eigenvalue weighted by Crippen LogP contribution is -2.49. The molecule has 1 amide bonds. The van der Waals surface area contributed by atoms with Gasteiger partial charge in [-0.15, -0.1) is 11.3 Å². The smallest absolute Gasteiger partial charge is 0.228 e. The van der Waals surface area contributed by atoms with Crippen LogP contribution in [0.3, 0.4) is 0 Å². The normalized spacial score (nSPS) is 17.7. The number of rotatable bonds is 5. The highest BCUT2D eigenvalue weighted by Gasteiger charge is 2.26. The van der Waals surface area contributed by atoms with Crippen molar-refractivity contribution in [2.75, 3.05) is 69.2 Å². The van der Waals surface area contributed by atoms with Gasteiger partial charge in [0.25, 0.3) is 0 Å². The number of anilines is 2. The zero-order chi connectivity index (χ0) is 22.8. The molecule has 0 atom stereocenters. The third-order valence-corrected chi connectivity index (χ3v) is 7.85. The number of hydrogen-bond donors (Lipinski definition) is 0. The molecule has 0 spiro atoms. The number of piperazine rings is 2. The first-order chi connectivity index (χ1) is 16.1. The minimum absolute atomic E-state index is 0.204. The van der Waals surface area contributed by atoms with Crippen LogP contribution in [0.15, 0.2) is 36.4 Å². The van der Waals surface area contributed by atoms with Crippen molar-refractivity contribution in [2.45, 2.75) is 19.8 Å². The van der Waals surface area contributed by atoms with Gasteiger partial charge in [0.05, 0.1) is 11.8 Å². The average Bonchev–Trinajstić information content (AvgIpc) is 3.28. The minimum atomic E-state index is 0.204. The average molecular weight is 465 g/mol. The van der Waals surface area contributed by atoms with Crippen molar-refractivity contribution in [3.8, 4) is 0 Å². The largest absolute Gasteiger partial charge is 0.352 e. The third kappa shape index (κ3) is 4.82. The van der Waals surface area contributed by atoms with E-state index in [1.807, 2.05) is 35.2 Å². The topological polar surface area (TPSA) is 55.8 Å². The predicted molar refractivity (Wildman–Crippen MR) is 135 cm³/mol. The highest BCUT2D eigenvalue weighted by atomic mass is 32.1. The molecule has 0 saturated carbocycles. The number of benzene rings is 1. The molecule has 5 rings (SSSR count). The summed E-state index contributed by atoms with van der Waals surface area (Å²) in [6.07, 6.45) is 1.47. The maximum absolute atomic E-state index is 12.8. The lowest BCUT2D eigenvalue weighted by molar-refractivity contribution is -0.130. The van der Waals surface area contributed by atoms with E-state index in [-0.39, 0.29) is 5.91 Å². The Morgan fingerprint density at radius 1 is 0.939 bits per heavy atom. The minimum Gasteiger partial charge on any atom is -0.352 e. The van der Waals surface area contributed by atoms with Crippen molar-refractivity contribution in [3.05, 3.63) is 46.8 Å². The molecule has 3 aromatic rings. The van der Waals surface area contributed by atoms with Gasteiger partial charge in [0, 0.05) is 57.2 Å². The SMILES string of the molecule is CCc1cc2c(N3CCN(C(=O)Cc4ccccc4)CC3)nc(N3CCN(C)CC3)nc2s1. The Labute approximate surface area is 199 Å². The van der Waals surface area contributed by atoms with Crippen LogP contribution in [0.4, 0.5) is 11.8 Å². The molecule has 0 N–H and O–H groups in total. The number of nitrogens with zero attached hydrogens (tertiary/aromatic N) is 6. The van der Waals surface area contributed by atoms with E-state index >= 15 is 0 Å². The fourth-order valence-corrected chi connectivity index (χ4v) is 5.52. The zero-order valence-electron chi connectivity index (χ0n) is 19.5. The second-order valence-electron chi connectivity index (χ2n) is 8.95. The van der Waals surface area contributed by atoms with Crippen LogP contribution >= 0.6 is 11.3 Å². The first-order valence-electron chi connectivity index (χ1n) is 11.9. The molecule has 1 aromatic carbocycles. The Kier molecular flexibility index (Phi) is 6.46. The molecule has 2 aliphatic rings. The van der Waals surface area contributed by atoms with Crippen LogP contribution < -0.4 is 9.80 Å². The van der Waals surface area contributed by atoms with Crippen LogP contribution in [-0.2, 0) is 17.6 Å². The number of aromatic nitrogens is 2. The summed E-state index contributed by atoms with van der Waals surface area (Å²) >= 11 is 1.78. The first kappa shape index (κ1) is 22.1. The number of thiophene rings is 1. The van der Waals surface area contributed by atoms with Gasteiger partial charge in [0.2, 0.25) is 11.9 Å². The molecule has 0 radical (unpaired) electrons. The fraction of sp³-hybridized carbons (Fsp3) is 0.480. The van der Waals surface area contributed by atoms with E-state index in [0.717, 1.165) is 86.3 Å². The highest BCUT2D eigenvalue weighted by molar-refractivity contribution is 7.18. The van der Waals surface area contributed by atoms with Crippen molar-refractivity contribution in [1.82, 2.24) is 19.8 Å². The van der Waals surface area contributed by atoms with Crippen LogP contribution in [0.25, 0.3) is 10.2 Å². The van der Waals surface area contributed by atoms with Gasteiger partial charge in [-0.3, -0.25) is 4.79 Å². The molecule has 2 aromatic heterocycles. The van der Waals surface area contributed by atoms with E-state index in [4.69, 9.17) is 9.97 Å². The second-order valence-corrected chi connectivity index (χ2v) is 10.1. The quantitative estimate of drug-likeness (QED) is 0.579. The molecule has 2 aliphatic heterocycles. The Hall–Kier alpha value is -2.71. The van der Waals surface area contributed by atoms with Crippen molar-refractivity contribution in [1.29, 1.82) is 0 Å². The van der Waals surface area contributed by atoms with Crippen molar-refractivity contribution >= 4 is 39.2 Å². The molecule has 33 heavy (non-hydrogen) atoms. The van der Waals surface area contributed by atoms with Crippen LogP contribution in [0.1, 0.15) is 17.4 Å². The van der Waals surface area contributed by atoms with Crippen LogP contribution in [0.2, 0.25) is 0 Å². The van der Waals surface area contributed by atoms with Crippen molar-refractivity contribution < 1.29 is 4.79 Å². The van der Waals surface area contributed by atoms with Crippen molar-refractivity contribution in [2.24, 2.45) is 0 Å². The number of fused-ring (bicyclic) bond motifs is 1. The highest BCUT2D eigenvalue weighted by Crippen LogP contribution is 2.34. The maximum atomic E-state index is 12.8. The fourth-order valence-electron chi connectivity index (χ4n) is 4.56. The third-order valence-electron chi connectivity index (χ3n) is 6.68. The number of aryl methyl sites for hydroxylation is 1. The summed E-state index contributed by atoms with van der Waals surface area (Å²) in [5.74, 6) is 2.08. The van der Waals surface area contributed by atoms with Gasteiger partial charge >= 0.3 is 0 Å². The Morgan fingerprint density at radius 3 is 2.33 bits per heavy atom. The number of likely N-dealkylation sites (N-methyl/N-ethyl adjacent to an activating group) is 1. The molecular weight excluding hydrogens is 432 g/mol. The van der Waals surface area contributed by atoms with Gasteiger partial charge < -0.3 is 19.6 Å². The first-order valence-corrected chi connectivity index (χ1v) is 12.7. The van der Waals surface area contributed by atoms with Gasteiger partial charge in [-0.1, -0.05) is 37.3 Å². The molecule has 4 heterocycles. The van der Waals surface area contributed by atoms with E-state index in [9.17, 15) is 4.79 Å². The van der Waals surface area contributed by atoms with Crippen LogP contribution in [-0.4, -0.2) is 85.1 Å². The van der Waals surface area contributed by atoms with E-state index in [1.165, 1.54) is 4.88 Å². The molecule has 8 heteroatoms. The molecule has 2 saturated heterocycles. The summed E-state index contributed by atoms with van der Waals surface area (Å²) in [4.78, 5) is 34.3. The van der Waals surface area contributed by atoms with Gasteiger partial charge in [0.1, 0.15) is 10.6 Å². The van der Waals surface area contributed by atoms with Gasteiger partial charge in [-0.25, -0.2) is 4.98 Å². The maximum Gasteiger partial charge on any atom is 0.228 e. The number of hydrogen-bond acceptors (Lipinski definition) is 7. The predicted octanol–water partition coefficient (Wildman–Crippen LogP) is 2.90. The summed E-state index contributed by atoms with van der Waals surface area (Å²) in [5.41, 5.74) is 1.07. The number of carbonyl (C=O) groups is 1. The van der Waals surface area contributed by atoms with Gasteiger partial charge in [-0.2, -0.15) is 4.98 Å². The second kappa shape index (κ2) is 9.65. The van der Waals surface area contributed by atoms with Crippen LogP contribution in [0, 0.1) is 0 Å². The zero-order valence-corrected chi connectivity index (χ0v) is 20.4. The molecule has 2 fully saturated rings. The summed E-state index contributed by atoms with van der Waals surface area (Å²) in [5, 5.41) is 1.15. The van der Waals surface area contributed by atoms with E-state index in [1.54, 1.807) is 11.3 Å². The summed E-state index contributed by atoms with van der Waals surface area (Å²) in [6, 6.07) is 12.3. The molecule has 0 bridgehead atoms. The van der Waals surface area contributed by atoms with E-state index in [0.29, 0.717) is 6.42 Å². The lowest BCUT2D eigenvalue weighted by Gasteiger charge is -2.37. The number of amides is 1. The summed E-state index contributed by atoms with van der Waals surface area (Å²) < 4.78 is 0. The lowest BCUT2D eigenvalue weighted by atomic mass is 10.1. The van der Waals surface area contributed by atoms with E-state index < -0.39 is 0 Å². The molecule has 0 aliphatic carbocycles. The van der Waals surface area contributed by atoms with E-state index in [2.05, 4.69) is 34.7 Å². The monoisotopic (exact) mass is 464 g/mol. The summed E-state index contributed by atoms with van der Waals surface area (Å²) in [7, 11) is 2.16. The van der Waals surface area contributed by atoms with Crippen LogP contribution in [0.5, 0.6) is 0 Å². The van der Waals surface area contributed by atoms with Gasteiger partial charge in [-0.05, 0) is 25.1 Å². The molecular formula is C25H32N6OS. The summed E-state index contributed by atoms with van der Waals surface area (Å²) in [6.45, 7) is 9.21. The molecule has 174 valence electrons. The van der Waals surface area contributed by atoms with Crippen molar-refractivity contribution in [3.63, 3.8) is 0 Å². The Balaban J connectivity index is 1.34. The molecule has 0 unspecified atom stereocenters. The van der Waals surface area contributed by atoms with Gasteiger partial charge in [0.15, 0.2) is 0 Å². The number of carbonyl (C=O) groups excluding carboxylic acids is 1.